The Morgan fingerprint density at radius 2 is 2.33 bits per heavy atom. The quantitative estimate of drug-likeness (QED) is 0.786. The summed E-state index contributed by atoms with van der Waals surface area (Å²) in [4.78, 5) is 0. The average molecular weight is 244 g/mol. The number of nitrogen functional groups attached to an aromatic ring is 1. The number of thioether (sulfide) groups is 1. The molecule has 2 unspecified atom stereocenters. The first-order valence-corrected chi connectivity index (χ1v) is 6.53. The van der Waals surface area contributed by atoms with Crippen LogP contribution in [-0.4, -0.2) is 16.6 Å². The van der Waals surface area contributed by atoms with Crippen molar-refractivity contribution in [3.05, 3.63) is 28.8 Å². The lowest BCUT2D eigenvalue weighted by Gasteiger charge is -2.19. The second kappa shape index (κ2) is 4.64. The number of anilines is 1. The molecule has 0 saturated carbocycles. The molecule has 4 heteroatoms. The highest BCUT2D eigenvalue weighted by Crippen LogP contribution is 2.37. The van der Waals surface area contributed by atoms with E-state index in [0.717, 1.165) is 23.5 Å². The Balaban J connectivity index is 2.24. The minimum Gasteiger partial charge on any atom is -0.397 e. The molecule has 2 nitrogen and oxygen atoms in total. The van der Waals surface area contributed by atoms with E-state index in [9.17, 15) is 5.11 Å². The maximum absolute atomic E-state index is 10.2. The highest BCUT2D eigenvalue weighted by molar-refractivity contribution is 7.99. The zero-order valence-corrected chi connectivity index (χ0v) is 9.89. The van der Waals surface area contributed by atoms with Gasteiger partial charge in [0.05, 0.1) is 16.8 Å². The Hall–Kier alpha value is -0.380. The highest BCUT2D eigenvalue weighted by atomic mass is 35.5. The van der Waals surface area contributed by atoms with E-state index in [1.54, 1.807) is 6.07 Å². The molecule has 1 aromatic rings. The number of aliphatic hydroxyl groups is 1. The molecule has 0 amide bonds. The Labute approximate surface area is 98.8 Å². The summed E-state index contributed by atoms with van der Waals surface area (Å²) in [5.74, 6) is 2.45. The summed E-state index contributed by atoms with van der Waals surface area (Å²) in [6.07, 6.45) is 0.580. The predicted octanol–water partition coefficient (Wildman–Crippen LogP) is 2.71. The van der Waals surface area contributed by atoms with E-state index < -0.39 is 6.10 Å². The van der Waals surface area contributed by atoms with Crippen molar-refractivity contribution in [3.63, 3.8) is 0 Å². The summed E-state index contributed by atoms with van der Waals surface area (Å²) in [5, 5.41) is 10.7. The topological polar surface area (TPSA) is 46.2 Å². The molecule has 0 aromatic heterocycles. The van der Waals surface area contributed by atoms with Gasteiger partial charge in [0.25, 0.3) is 0 Å². The third-order valence-electron chi connectivity index (χ3n) is 2.82. The largest absolute Gasteiger partial charge is 0.397 e. The van der Waals surface area contributed by atoms with E-state index >= 15 is 0 Å². The molecule has 1 aromatic carbocycles. The van der Waals surface area contributed by atoms with Gasteiger partial charge in [0, 0.05) is 5.56 Å². The first-order chi connectivity index (χ1) is 7.20. The first kappa shape index (κ1) is 11.1. The van der Waals surface area contributed by atoms with Crippen LogP contribution in [0.2, 0.25) is 5.02 Å². The van der Waals surface area contributed by atoms with E-state index in [4.69, 9.17) is 17.3 Å². The number of halogens is 1. The first-order valence-electron chi connectivity index (χ1n) is 5.00. The van der Waals surface area contributed by atoms with Crippen LogP contribution in [0.5, 0.6) is 0 Å². The normalized spacial score (nSPS) is 22.9. The molecule has 15 heavy (non-hydrogen) atoms. The average Bonchev–Trinajstić information content (AvgIpc) is 2.74. The van der Waals surface area contributed by atoms with Crippen LogP contribution in [0.3, 0.4) is 0 Å². The summed E-state index contributed by atoms with van der Waals surface area (Å²) < 4.78 is 0. The molecule has 0 bridgehead atoms. The molecule has 0 radical (unpaired) electrons. The van der Waals surface area contributed by atoms with E-state index in [1.807, 2.05) is 23.9 Å². The SMILES string of the molecule is Nc1c(Cl)cccc1C(O)C1CCSC1. The van der Waals surface area contributed by atoms with Crippen molar-refractivity contribution in [1.82, 2.24) is 0 Å². The molecular formula is C11H14ClNOS. The monoisotopic (exact) mass is 243 g/mol. The number of benzene rings is 1. The van der Waals surface area contributed by atoms with Crippen LogP contribution >= 0.6 is 23.4 Å². The number of aliphatic hydroxyl groups excluding tert-OH is 1. The van der Waals surface area contributed by atoms with Crippen LogP contribution in [0.15, 0.2) is 18.2 Å². The smallest absolute Gasteiger partial charge is 0.0846 e. The fourth-order valence-electron chi connectivity index (χ4n) is 1.87. The molecule has 1 saturated heterocycles. The number of hydrogen-bond donors (Lipinski definition) is 2. The Kier molecular flexibility index (Phi) is 3.44. The third-order valence-corrected chi connectivity index (χ3v) is 4.33. The molecule has 0 aliphatic carbocycles. The minimum atomic E-state index is -0.473. The van der Waals surface area contributed by atoms with Gasteiger partial charge in [0.2, 0.25) is 0 Å². The van der Waals surface area contributed by atoms with Crippen molar-refractivity contribution >= 4 is 29.1 Å². The van der Waals surface area contributed by atoms with Gasteiger partial charge < -0.3 is 10.8 Å². The van der Waals surface area contributed by atoms with E-state index in [-0.39, 0.29) is 0 Å². The molecular weight excluding hydrogens is 230 g/mol. The molecule has 82 valence electrons. The van der Waals surface area contributed by atoms with Crippen LogP contribution in [0.25, 0.3) is 0 Å². The summed E-state index contributed by atoms with van der Waals surface area (Å²) >= 11 is 7.80. The maximum atomic E-state index is 10.2. The Morgan fingerprint density at radius 1 is 1.53 bits per heavy atom. The molecule has 2 rings (SSSR count). The Bertz CT molecular complexity index is 352. The number of rotatable bonds is 2. The second-order valence-electron chi connectivity index (χ2n) is 3.81. The molecule has 1 aliphatic rings. The molecule has 0 spiro atoms. The second-order valence-corrected chi connectivity index (χ2v) is 5.37. The van der Waals surface area contributed by atoms with Gasteiger partial charge in [-0.1, -0.05) is 23.7 Å². The van der Waals surface area contributed by atoms with Crippen molar-refractivity contribution in [2.75, 3.05) is 17.2 Å². The van der Waals surface area contributed by atoms with Gasteiger partial charge in [-0.15, -0.1) is 0 Å². The molecule has 2 atom stereocenters. The standard InChI is InChI=1S/C11H14ClNOS/c12-9-3-1-2-8(10(9)13)11(14)7-4-5-15-6-7/h1-3,7,11,14H,4-6,13H2. The van der Waals surface area contributed by atoms with Gasteiger partial charge in [0.1, 0.15) is 0 Å². The zero-order valence-electron chi connectivity index (χ0n) is 8.32. The van der Waals surface area contributed by atoms with Gasteiger partial charge in [-0.05, 0) is 29.9 Å². The molecule has 1 fully saturated rings. The van der Waals surface area contributed by atoms with Crippen LogP contribution in [-0.2, 0) is 0 Å². The number of nitrogens with two attached hydrogens (primary N) is 1. The summed E-state index contributed by atoms with van der Waals surface area (Å²) in [6.45, 7) is 0. The highest BCUT2D eigenvalue weighted by Gasteiger charge is 2.26. The van der Waals surface area contributed by atoms with Crippen molar-refractivity contribution in [2.24, 2.45) is 5.92 Å². The molecule has 1 aliphatic heterocycles. The van der Waals surface area contributed by atoms with Crippen LogP contribution in [0, 0.1) is 5.92 Å². The van der Waals surface area contributed by atoms with Crippen molar-refractivity contribution in [1.29, 1.82) is 0 Å². The van der Waals surface area contributed by atoms with E-state index in [2.05, 4.69) is 0 Å². The predicted molar refractivity (Wildman–Crippen MR) is 66.3 cm³/mol. The molecule has 1 heterocycles. The van der Waals surface area contributed by atoms with Crippen molar-refractivity contribution in [3.8, 4) is 0 Å². The fourth-order valence-corrected chi connectivity index (χ4v) is 3.34. The number of hydrogen-bond acceptors (Lipinski definition) is 3. The molecule has 3 N–H and O–H groups in total. The van der Waals surface area contributed by atoms with Gasteiger partial charge in [-0.3, -0.25) is 0 Å². The minimum absolute atomic E-state index is 0.316. The lowest BCUT2D eigenvalue weighted by molar-refractivity contribution is 0.122. The zero-order chi connectivity index (χ0) is 10.8. The van der Waals surface area contributed by atoms with Crippen molar-refractivity contribution < 1.29 is 5.11 Å². The van der Waals surface area contributed by atoms with Crippen LogP contribution in [0.4, 0.5) is 5.69 Å². The Morgan fingerprint density at radius 3 is 3.00 bits per heavy atom. The third kappa shape index (κ3) is 2.25. The fraction of sp³-hybridized carbons (Fsp3) is 0.455. The number of para-hydroxylation sites is 1. The van der Waals surface area contributed by atoms with Gasteiger partial charge in [0.15, 0.2) is 0 Å². The van der Waals surface area contributed by atoms with Crippen LogP contribution < -0.4 is 5.73 Å². The van der Waals surface area contributed by atoms with Gasteiger partial charge in [-0.2, -0.15) is 11.8 Å². The summed E-state index contributed by atoms with van der Waals surface area (Å²) in [7, 11) is 0. The van der Waals surface area contributed by atoms with Crippen molar-refractivity contribution in [2.45, 2.75) is 12.5 Å². The lowest BCUT2D eigenvalue weighted by atomic mass is 9.94. The summed E-state index contributed by atoms with van der Waals surface area (Å²) in [6, 6.07) is 5.44. The van der Waals surface area contributed by atoms with Crippen LogP contribution in [0.1, 0.15) is 18.1 Å². The van der Waals surface area contributed by atoms with E-state index in [0.29, 0.717) is 16.6 Å². The van der Waals surface area contributed by atoms with Gasteiger partial charge >= 0.3 is 0 Å². The lowest BCUT2D eigenvalue weighted by Crippen LogP contribution is -2.13. The van der Waals surface area contributed by atoms with E-state index in [1.165, 1.54) is 0 Å². The van der Waals surface area contributed by atoms with Gasteiger partial charge in [-0.25, -0.2) is 0 Å². The maximum Gasteiger partial charge on any atom is 0.0846 e. The summed E-state index contributed by atoms with van der Waals surface area (Å²) in [5.41, 5.74) is 7.14.